The molecule has 0 aliphatic carbocycles. The van der Waals surface area contributed by atoms with E-state index in [2.05, 4.69) is 20.8 Å². The summed E-state index contributed by atoms with van der Waals surface area (Å²) >= 11 is 0. The van der Waals surface area contributed by atoms with Crippen LogP contribution in [0.4, 0.5) is 0 Å². The molecule has 0 aliphatic heterocycles. The Balaban J connectivity index is 2.73. The second-order valence-electron chi connectivity index (χ2n) is 5.08. The van der Waals surface area contributed by atoms with E-state index in [1.165, 1.54) is 5.56 Å². The van der Waals surface area contributed by atoms with Gasteiger partial charge in [-0.3, -0.25) is 0 Å². The lowest BCUT2D eigenvalue weighted by atomic mass is 9.95. The second kappa shape index (κ2) is 4.63. The summed E-state index contributed by atoms with van der Waals surface area (Å²) in [5.41, 5.74) is 2.28. The van der Waals surface area contributed by atoms with Crippen LogP contribution in [0, 0.1) is 12.3 Å². The van der Waals surface area contributed by atoms with Crippen LogP contribution in [0.1, 0.15) is 38.0 Å². The minimum absolute atomic E-state index is 0.117. The fraction of sp³-hybridized carbons (Fsp3) is 0.429. The summed E-state index contributed by atoms with van der Waals surface area (Å²) in [6.45, 7) is 8.39. The van der Waals surface area contributed by atoms with Crippen molar-refractivity contribution < 1.29 is 5.11 Å². The van der Waals surface area contributed by atoms with Crippen molar-refractivity contribution in [2.45, 2.75) is 33.8 Å². The monoisotopic (exact) mass is 204 g/mol. The highest BCUT2D eigenvalue weighted by atomic mass is 16.3. The van der Waals surface area contributed by atoms with Gasteiger partial charge in [0.25, 0.3) is 0 Å². The molecule has 0 aromatic heterocycles. The first kappa shape index (κ1) is 12.0. The standard InChI is InChI=1S/C14H20O/c1-11-5-7-12(8-6-11)13(15)9-10-14(2,3)4/h5-10,13,15H,1-4H3/t13-/m0/s1. The highest BCUT2D eigenvalue weighted by Gasteiger charge is 2.07. The van der Waals surface area contributed by atoms with Gasteiger partial charge in [-0.05, 0) is 17.9 Å². The molecule has 0 unspecified atom stereocenters. The van der Waals surface area contributed by atoms with Crippen LogP contribution in [-0.2, 0) is 0 Å². The van der Waals surface area contributed by atoms with E-state index in [1.807, 2.05) is 43.3 Å². The third-order valence-electron chi connectivity index (χ3n) is 2.20. The van der Waals surface area contributed by atoms with Gasteiger partial charge in [0.05, 0.1) is 6.10 Å². The van der Waals surface area contributed by atoms with Crippen LogP contribution in [-0.4, -0.2) is 5.11 Å². The van der Waals surface area contributed by atoms with E-state index < -0.39 is 6.10 Å². The first-order chi connectivity index (χ1) is 6.88. The Morgan fingerprint density at radius 3 is 2.13 bits per heavy atom. The SMILES string of the molecule is Cc1ccc([C@@H](O)C=CC(C)(C)C)cc1. The minimum Gasteiger partial charge on any atom is -0.384 e. The quantitative estimate of drug-likeness (QED) is 0.729. The number of benzene rings is 1. The summed E-state index contributed by atoms with van der Waals surface area (Å²) < 4.78 is 0. The summed E-state index contributed by atoms with van der Waals surface area (Å²) in [5.74, 6) is 0. The van der Waals surface area contributed by atoms with Crippen molar-refractivity contribution in [3.8, 4) is 0 Å². The number of aliphatic hydroxyl groups excluding tert-OH is 1. The van der Waals surface area contributed by atoms with Crippen LogP contribution >= 0.6 is 0 Å². The zero-order valence-electron chi connectivity index (χ0n) is 9.99. The highest BCUT2D eigenvalue weighted by Crippen LogP contribution is 2.20. The first-order valence-electron chi connectivity index (χ1n) is 5.32. The molecular formula is C14H20O. The average molecular weight is 204 g/mol. The van der Waals surface area contributed by atoms with Crippen LogP contribution in [0.15, 0.2) is 36.4 Å². The van der Waals surface area contributed by atoms with Crippen molar-refractivity contribution in [2.75, 3.05) is 0 Å². The van der Waals surface area contributed by atoms with E-state index >= 15 is 0 Å². The van der Waals surface area contributed by atoms with Crippen molar-refractivity contribution in [2.24, 2.45) is 5.41 Å². The van der Waals surface area contributed by atoms with Crippen LogP contribution in [0.5, 0.6) is 0 Å². The molecule has 0 fully saturated rings. The Hall–Kier alpha value is -1.08. The van der Waals surface area contributed by atoms with Gasteiger partial charge in [-0.2, -0.15) is 0 Å². The fourth-order valence-corrected chi connectivity index (χ4v) is 1.25. The molecule has 1 heteroatoms. The molecule has 0 bridgehead atoms. The van der Waals surface area contributed by atoms with E-state index in [1.54, 1.807) is 0 Å². The molecule has 0 amide bonds. The Morgan fingerprint density at radius 1 is 1.13 bits per heavy atom. The molecule has 0 spiro atoms. The normalized spacial score (nSPS) is 14.5. The van der Waals surface area contributed by atoms with Gasteiger partial charge in [0.1, 0.15) is 0 Å². The van der Waals surface area contributed by atoms with Gasteiger partial charge in [0, 0.05) is 0 Å². The molecule has 0 saturated carbocycles. The fourth-order valence-electron chi connectivity index (χ4n) is 1.25. The lowest BCUT2D eigenvalue weighted by Gasteiger charge is -2.13. The Labute approximate surface area is 92.5 Å². The zero-order chi connectivity index (χ0) is 11.5. The predicted octanol–water partition coefficient (Wildman–Crippen LogP) is 3.63. The number of hydrogen-bond donors (Lipinski definition) is 1. The Morgan fingerprint density at radius 2 is 1.67 bits per heavy atom. The van der Waals surface area contributed by atoms with Crippen LogP contribution in [0.2, 0.25) is 0 Å². The summed E-state index contributed by atoms with van der Waals surface area (Å²) in [6.07, 6.45) is 3.40. The van der Waals surface area contributed by atoms with Crippen LogP contribution in [0.25, 0.3) is 0 Å². The Kier molecular flexibility index (Phi) is 3.70. The smallest absolute Gasteiger partial charge is 0.0972 e. The second-order valence-corrected chi connectivity index (χ2v) is 5.08. The van der Waals surface area contributed by atoms with Gasteiger partial charge in [0.2, 0.25) is 0 Å². The van der Waals surface area contributed by atoms with Crippen LogP contribution in [0.3, 0.4) is 0 Å². The summed E-state index contributed by atoms with van der Waals surface area (Å²) in [7, 11) is 0. The molecule has 0 saturated heterocycles. The number of rotatable bonds is 2. The summed E-state index contributed by atoms with van der Waals surface area (Å²) in [5, 5.41) is 9.89. The highest BCUT2D eigenvalue weighted by molar-refractivity contribution is 5.25. The number of allylic oxidation sites excluding steroid dienone is 1. The van der Waals surface area contributed by atoms with Gasteiger partial charge in [-0.1, -0.05) is 62.8 Å². The van der Waals surface area contributed by atoms with Gasteiger partial charge < -0.3 is 5.11 Å². The number of hydrogen-bond acceptors (Lipinski definition) is 1. The third-order valence-corrected chi connectivity index (χ3v) is 2.20. The zero-order valence-corrected chi connectivity index (χ0v) is 9.99. The van der Waals surface area contributed by atoms with Gasteiger partial charge in [-0.15, -0.1) is 0 Å². The molecule has 1 aromatic rings. The lowest BCUT2D eigenvalue weighted by Crippen LogP contribution is -2.01. The molecular weight excluding hydrogens is 184 g/mol. The maximum atomic E-state index is 9.89. The summed E-state index contributed by atoms with van der Waals surface area (Å²) in [6, 6.07) is 7.97. The molecule has 1 nitrogen and oxygen atoms in total. The molecule has 15 heavy (non-hydrogen) atoms. The van der Waals surface area contributed by atoms with Gasteiger partial charge >= 0.3 is 0 Å². The maximum absolute atomic E-state index is 9.89. The van der Waals surface area contributed by atoms with Crippen LogP contribution < -0.4 is 0 Å². The van der Waals surface area contributed by atoms with Crippen molar-refractivity contribution in [3.05, 3.63) is 47.5 Å². The maximum Gasteiger partial charge on any atom is 0.0972 e. The number of aliphatic hydroxyl groups is 1. The largest absolute Gasteiger partial charge is 0.384 e. The van der Waals surface area contributed by atoms with E-state index in [0.717, 1.165) is 5.56 Å². The van der Waals surface area contributed by atoms with Gasteiger partial charge in [0.15, 0.2) is 0 Å². The summed E-state index contributed by atoms with van der Waals surface area (Å²) in [4.78, 5) is 0. The van der Waals surface area contributed by atoms with Crippen molar-refractivity contribution in [1.29, 1.82) is 0 Å². The average Bonchev–Trinajstić information content (AvgIpc) is 2.14. The predicted molar refractivity (Wildman–Crippen MR) is 64.7 cm³/mol. The van der Waals surface area contributed by atoms with E-state index in [-0.39, 0.29) is 5.41 Å². The number of aryl methyl sites for hydroxylation is 1. The molecule has 82 valence electrons. The topological polar surface area (TPSA) is 20.2 Å². The van der Waals surface area contributed by atoms with Crippen molar-refractivity contribution >= 4 is 0 Å². The minimum atomic E-state index is -0.496. The van der Waals surface area contributed by atoms with Crippen molar-refractivity contribution in [3.63, 3.8) is 0 Å². The lowest BCUT2D eigenvalue weighted by molar-refractivity contribution is 0.227. The molecule has 1 rings (SSSR count). The van der Waals surface area contributed by atoms with E-state index in [4.69, 9.17) is 0 Å². The molecule has 0 heterocycles. The molecule has 0 radical (unpaired) electrons. The van der Waals surface area contributed by atoms with Gasteiger partial charge in [-0.25, -0.2) is 0 Å². The molecule has 1 N–H and O–H groups in total. The third kappa shape index (κ3) is 4.30. The Bertz CT molecular complexity index is 327. The van der Waals surface area contributed by atoms with E-state index in [0.29, 0.717) is 0 Å². The van der Waals surface area contributed by atoms with E-state index in [9.17, 15) is 5.11 Å². The molecule has 0 aliphatic rings. The van der Waals surface area contributed by atoms with Crippen molar-refractivity contribution in [1.82, 2.24) is 0 Å². The molecule has 1 aromatic carbocycles. The first-order valence-corrected chi connectivity index (χ1v) is 5.32. The molecule has 1 atom stereocenters.